The third-order valence-electron chi connectivity index (χ3n) is 5.72. The second-order valence-electron chi connectivity index (χ2n) is 7.74. The first-order chi connectivity index (χ1) is 12.5. The Morgan fingerprint density at radius 1 is 1.15 bits per heavy atom. The summed E-state index contributed by atoms with van der Waals surface area (Å²) in [5.41, 5.74) is 0.992. The maximum absolute atomic E-state index is 13.3. The van der Waals surface area contributed by atoms with Gasteiger partial charge in [0.05, 0.1) is 6.54 Å². The van der Waals surface area contributed by atoms with Crippen LogP contribution in [0.5, 0.6) is 0 Å². The van der Waals surface area contributed by atoms with Crippen LogP contribution in [0.15, 0.2) is 24.3 Å². The Morgan fingerprint density at radius 3 is 2.50 bits per heavy atom. The van der Waals surface area contributed by atoms with Crippen molar-refractivity contribution >= 4 is 5.91 Å². The number of hydrogen-bond donors (Lipinski definition) is 0. The number of halogens is 1. The van der Waals surface area contributed by atoms with Gasteiger partial charge in [-0.15, -0.1) is 0 Å². The van der Waals surface area contributed by atoms with E-state index in [9.17, 15) is 9.18 Å². The fourth-order valence-corrected chi connectivity index (χ4v) is 3.93. The molecule has 6 heteroatoms. The Hall–Kier alpha value is -1.50. The molecule has 0 spiro atoms. The Morgan fingerprint density at radius 2 is 1.85 bits per heavy atom. The summed E-state index contributed by atoms with van der Waals surface area (Å²) in [6.07, 6.45) is 2.28. The van der Waals surface area contributed by atoms with Crippen molar-refractivity contribution in [2.75, 3.05) is 59.9 Å². The first kappa shape index (κ1) is 19.3. The predicted octanol–water partition coefficient (Wildman–Crippen LogP) is 1.50. The van der Waals surface area contributed by atoms with Gasteiger partial charge in [0.15, 0.2) is 0 Å². The predicted molar refractivity (Wildman–Crippen MR) is 101 cm³/mol. The fourth-order valence-electron chi connectivity index (χ4n) is 3.93. The molecule has 5 nitrogen and oxygen atoms in total. The first-order valence-corrected chi connectivity index (χ1v) is 9.64. The van der Waals surface area contributed by atoms with E-state index in [1.165, 1.54) is 6.07 Å². The number of amides is 1. The van der Waals surface area contributed by atoms with Crippen molar-refractivity contribution in [3.05, 3.63) is 35.6 Å². The summed E-state index contributed by atoms with van der Waals surface area (Å²) in [4.78, 5) is 21.5. The highest BCUT2D eigenvalue weighted by Gasteiger charge is 2.26. The molecule has 0 aromatic heterocycles. The van der Waals surface area contributed by atoms with Gasteiger partial charge in [-0.3, -0.25) is 14.6 Å². The normalized spacial score (nSPS) is 20.7. The van der Waals surface area contributed by atoms with E-state index >= 15 is 0 Å². The second kappa shape index (κ2) is 8.93. The average Bonchev–Trinajstić information content (AvgIpc) is 2.63. The van der Waals surface area contributed by atoms with E-state index in [2.05, 4.69) is 28.8 Å². The summed E-state index contributed by atoms with van der Waals surface area (Å²) >= 11 is 0. The second-order valence-corrected chi connectivity index (χ2v) is 7.74. The van der Waals surface area contributed by atoms with Crippen LogP contribution in [0.4, 0.5) is 4.39 Å². The highest BCUT2D eigenvalue weighted by Crippen LogP contribution is 2.15. The molecule has 144 valence electrons. The summed E-state index contributed by atoms with van der Waals surface area (Å²) in [5.74, 6) is 0.0464. The maximum atomic E-state index is 13.3. The number of likely N-dealkylation sites (N-methyl/N-ethyl adjacent to an activating group) is 1. The zero-order chi connectivity index (χ0) is 18.5. The number of rotatable bonds is 5. The number of hydrogen-bond acceptors (Lipinski definition) is 4. The van der Waals surface area contributed by atoms with Gasteiger partial charge < -0.3 is 9.80 Å². The average molecular weight is 362 g/mol. The summed E-state index contributed by atoms with van der Waals surface area (Å²) in [7, 11) is 4.23. The number of piperidine rings is 1. The molecule has 2 fully saturated rings. The Balaban J connectivity index is 1.42. The van der Waals surface area contributed by atoms with Crippen LogP contribution < -0.4 is 0 Å². The number of likely N-dealkylation sites (tertiary alicyclic amines) is 1. The van der Waals surface area contributed by atoms with E-state index in [1.54, 1.807) is 12.1 Å². The van der Waals surface area contributed by atoms with Crippen LogP contribution in [0.3, 0.4) is 0 Å². The Kier molecular flexibility index (Phi) is 6.62. The number of carbonyl (C=O) groups is 1. The lowest BCUT2D eigenvalue weighted by atomic mass is 10.0. The molecule has 0 radical (unpaired) electrons. The molecular weight excluding hydrogens is 331 g/mol. The third-order valence-corrected chi connectivity index (χ3v) is 5.72. The van der Waals surface area contributed by atoms with Gasteiger partial charge in [0, 0.05) is 38.8 Å². The van der Waals surface area contributed by atoms with Crippen molar-refractivity contribution in [1.82, 2.24) is 19.6 Å². The van der Waals surface area contributed by atoms with Crippen LogP contribution in [0, 0.1) is 5.82 Å². The zero-order valence-electron chi connectivity index (χ0n) is 16.0. The Bertz CT molecular complexity index is 595. The molecule has 1 amide bonds. The van der Waals surface area contributed by atoms with Gasteiger partial charge in [0.2, 0.25) is 5.91 Å². The fraction of sp³-hybridized carbons (Fsp3) is 0.650. The molecule has 2 aliphatic rings. The van der Waals surface area contributed by atoms with Crippen molar-refractivity contribution in [1.29, 1.82) is 0 Å². The molecule has 0 saturated carbocycles. The van der Waals surface area contributed by atoms with Gasteiger partial charge in [0.1, 0.15) is 5.82 Å². The molecule has 1 aromatic carbocycles. The van der Waals surface area contributed by atoms with Gasteiger partial charge >= 0.3 is 0 Å². The maximum Gasteiger partial charge on any atom is 0.236 e. The van der Waals surface area contributed by atoms with E-state index in [0.717, 1.165) is 64.2 Å². The molecule has 26 heavy (non-hydrogen) atoms. The van der Waals surface area contributed by atoms with Crippen LogP contribution in [0.2, 0.25) is 0 Å². The Labute approximate surface area is 156 Å². The van der Waals surface area contributed by atoms with Crippen molar-refractivity contribution < 1.29 is 9.18 Å². The van der Waals surface area contributed by atoms with Crippen molar-refractivity contribution in [3.63, 3.8) is 0 Å². The molecule has 0 unspecified atom stereocenters. The van der Waals surface area contributed by atoms with E-state index < -0.39 is 0 Å². The van der Waals surface area contributed by atoms with E-state index in [1.807, 2.05) is 11.0 Å². The highest BCUT2D eigenvalue weighted by atomic mass is 19.1. The SMILES string of the molecule is CN1CCC(N(C)CC(=O)N2CCN(Cc3cccc(F)c3)CC2)CC1. The third kappa shape index (κ3) is 5.25. The number of nitrogens with zero attached hydrogens (tertiary/aromatic N) is 4. The van der Waals surface area contributed by atoms with Crippen LogP contribution in [-0.4, -0.2) is 91.5 Å². The van der Waals surface area contributed by atoms with Gasteiger partial charge in [-0.1, -0.05) is 12.1 Å². The van der Waals surface area contributed by atoms with Crippen LogP contribution in [-0.2, 0) is 11.3 Å². The van der Waals surface area contributed by atoms with E-state index in [4.69, 9.17) is 0 Å². The quantitative estimate of drug-likeness (QED) is 0.794. The van der Waals surface area contributed by atoms with Crippen molar-refractivity contribution in [2.45, 2.75) is 25.4 Å². The number of carbonyl (C=O) groups excluding carboxylic acids is 1. The molecule has 0 N–H and O–H groups in total. The van der Waals surface area contributed by atoms with Crippen LogP contribution in [0.25, 0.3) is 0 Å². The molecule has 2 heterocycles. The van der Waals surface area contributed by atoms with E-state index in [-0.39, 0.29) is 11.7 Å². The monoisotopic (exact) mass is 362 g/mol. The highest BCUT2D eigenvalue weighted by molar-refractivity contribution is 5.78. The van der Waals surface area contributed by atoms with Crippen LogP contribution in [0.1, 0.15) is 18.4 Å². The van der Waals surface area contributed by atoms with E-state index in [0.29, 0.717) is 12.6 Å². The standard InChI is InChI=1S/C20H31FN4O/c1-22-8-6-19(7-9-22)23(2)16-20(26)25-12-10-24(11-13-25)15-17-4-3-5-18(21)14-17/h3-5,14,19H,6-13,15-16H2,1-2H3. The lowest BCUT2D eigenvalue weighted by Gasteiger charge is -2.38. The summed E-state index contributed by atoms with van der Waals surface area (Å²) < 4.78 is 13.3. The van der Waals surface area contributed by atoms with Gasteiger partial charge in [-0.25, -0.2) is 4.39 Å². The number of piperazine rings is 1. The molecular formula is C20H31FN4O. The molecule has 0 atom stereocenters. The van der Waals surface area contributed by atoms with Crippen molar-refractivity contribution in [2.24, 2.45) is 0 Å². The summed E-state index contributed by atoms with van der Waals surface area (Å²) in [6.45, 7) is 6.70. The summed E-state index contributed by atoms with van der Waals surface area (Å²) in [6, 6.07) is 7.29. The lowest BCUT2D eigenvalue weighted by Crippen LogP contribution is -2.52. The minimum Gasteiger partial charge on any atom is -0.339 e. The van der Waals surface area contributed by atoms with Crippen LogP contribution >= 0.6 is 0 Å². The molecule has 3 rings (SSSR count). The summed E-state index contributed by atoms with van der Waals surface area (Å²) in [5, 5.41) is 0. The minimum atomic E-state index is -0.187. The van der Waals surface area contributed by atoms with Crippen molar-refractivity contribution in [3.8, 4) is 0 Å². The lowest BCUT2D eigenvalue weighted by molar-refractivity contribution is -0.134. The van der Waals surface area contributed by atoms with Gasteiger partial charge in [-0.05, 0) is 57.7 Å². The minimum absolute atomic E-state index is 0.187. The topological polar surface area (TPSA) is 30.0 Å². The number of benzene rings is 1. The molecule has 2 aliphatic heterocycles. The first-order valence-electron chi connectivity index (χ1n) is 9.64. The zero-order valence-corrected chi connectivity index (χ0v) is 16.0. The molecule has 1 aromatic rings. The largest absolute Gasteiger partial charge is 0.339 e. The van der Waals surface area contributed by atoms with Gasteiger partial charge in [-0.2, -0.15) is 0 Å². The smallest absolute Gasteiger partial charge is 0.236 e. The van der Waals surface area contributed by atoms with Gasteiger partial charge in [0.25, 0.3) is 0 Å². The molecule has 2 saturated heterocycles. The molecule has 0 bridgehead atoms. The molecule has 0 aliphatic carbocycles.